The maximum Gasteiger partial charge on any atom is 0.387 e. The van der Waals surface area contributed by atoms with Crippen molar-refractivity contribution in [3.05, 3.63) is 42.4 Å². The first-order chi connectivity index (χ1) is 11.5. The SMILES string of the molecule is COc1ccc(NC(=O)NCC(O)c2ccco2)cc1OC(F)F. The van der Waals surface area contributed by atoms with Gasteiger partial charge in [0.05, 0.1) is 19.9 Å². The number of alkyl halides is 2. The molecular formula is C15H16F2N2O5. The number of benzene rings is 1. The monoisotopic (exact) mass is 342 g/mol. The molecule has 0 saturated carbocycles. The molecule has 1 aromatic heterocycles. The molecule has 1 heterocycles. The van der Waals surface area contributed by atoms with Gasteiger partial charge in [0.2, 0.25) is 0 Å². The number of urea groups is 1. The third-order valence-corrected chi connectivity index (χ3v) is 2.97. The Morgan fingerprint density at radius 1 is 1.33 bits per heavy atom. The van der Waals surface area contributed by atoms with Gasteiger partial charge in [-0.25, -0.2) is 4.79 Å². The highest BCUT2D eigenvalue weighted by molar-refractivity contribution is 5.89. The van der Waals surface area contributed by atoms with E-state index in [1.807, 2.05) is 0 Å². The zero-order valence-electron chi connectivity index (χ0n) is 12.7. The number of carbonyl (C=O) groups is 1. The lowest BCUT2D eigenvalue weighted by molar-refractivity contribution is -0.0511. The number of aliphatic hydroxyl groups excluding tert-OH is 1. The number of anilines is 1. The maximum absolute atomic E-state index is 12.4. The molecule has 0 saturated heterocycles. The number of nitrogens with one attached hydrogen (secondary N) is 2. The molecule has 2 amide bonds. The molecule has 24 heavy (non-hydrogen) atoms. The van der Waals surface area contributed by atoms with E-state index >= 15 is 0 Å². The number of hydrogen-bond donors (Lipinski definition) is 3. The summed E-state index contributed by atoms with van der Waals surface area (Å²) in [5, 5.41) is 14.6. The third kappa shape index (κ3) is 4.85. The van der Waals surface area contributed by atoms with E-state index in [2.05, 4.69) is 15.4 Å². The highest BCUT2D eigenvalue weighted by atomic mass is 19.3. The zero-order valence-corrected chi connectivity index (χ0v) is 12.7. The van der Waals surface area contributed by atoms with Gasteiger partial charge >= 0.3 is 12.6 Å². The van der Waals surface area contributed by atoms with Crippen LogP contribution >= 0.6 is 0 Å². The average molecular weight is 342 g/mol. The second-order valence-electron chi connectivity index (χ2n) is 4.61. The van der Waals surface area contributed by atoms with Crippen molar-refractivity contribution < 1.29 is 32.6 Å². The summed E-state index contributed by atoms with van der Waals surface area (Å²) in [5.74, 6) is 0.211. The fourth-order valence-corrected chi connectivity index (χ4v) is 1.89. The van der Waals surface area contributed by atoms with Crippen LogP contribution in [0.4, 0.5) is 19.3 Å². The molecule has 130 valence electrons. The number of amides is 2. The Kier molecular flexibility index (Phi) is 5.96. The number of halogens is 2. The molecule has 2 rings (SSSR count). The second kappa shape index (κ2) is 8.16. The Labute approximate surface area is 136 Å². The predicted octanol–water partition coefficient (Wildman–Crippen LogP) is 2.74. The predicted molar refractivity (Wildman–Crippen MR) is 80.3 cm³/mol. The van der Waals surface area contributed by atoms with Crippen LogP contribution in [0.2, 0.25) is 0 Å². The standard InChI is InChI=1S/C15H16F2N2O5/c1-22-12-5-4-9(7-13(12)24-14(16)17)19-15(21)18-8-10(20)11-3-2-6-23-11/h2-7,10,14,20H,8H2,1H3,(H2,18,19,21). The number of aliphatic hydroxyl groups is 1. The van der Waals surface area contributed by atoms with Gasteiger partial charge in [-0.1, -0.05) is 0 Å². The highest BCUT2D eigenvalue weighted by Crippen LogP contribution is 2.31. The molecule has 7 nitrogen and oxygen atoms in total. The average Bonchev–Trinajstić information content (AvgIpc) is 3.07. The summed E-state index contributed by atoms with van der Waals surface area (Å²) in [6.45, 7) is -3.11. The number of carbonyl (C=O) groups excluding carboxylic acids is 1. The fourth-order valence-electron chi connectivity index (χ4n) is 1.89. The van der Waals surface area contributed by atoms with Crippen molar-refractivity contribution in [1.82, 2.24) is 5.32 Å². The minimum Gasteiger partial charge on any atom is -0.493 e. The lowest BCUT2D eigenvalue weighted by Gasteiger charge is -2.13. The third-order valence-electron chi connectivity index (χ3n) is 2.97. The van der Waals surface area contributed by atoms with E-state index in [1.165, 1.54) is 31.6 Å². The van der Waals surface area contributed by atoms with Gasteiger partial charge in [0.1, 0.15) is 11.9 Å². The van der Waals surface area contributed by atoms with Crippen LogP contribution < -0.4 is 20.1 Å². The fraction of sp³-hybridized carbons (Fsp3) is 0.267. The van der Waals surface area contributed by atoms with Gasteiger partial charge in [0, 0.05) is 11.8 Å². The van der Waals surface area contributed by atoms with Gasteiger partial charge in [-0.05, 0) is 24.3 Å². The van der Waals surface area contributed by atoms with Crippen molar-refractivity contribution in [2.45, 2.75) is 12.7 Å². The molecule has 0 aliphatic carbocycles. The maximum atomic E-state index is 12.4. The first kappa shape index (κ1) is 17.5. The van der Waals surface area contributed by atoms with E-state index < -0.39 is 18.7 Å². The largest absolute Gasteiger partial charge is 0.493 e. The molecule has 0 bridgehead atoms. The summed E-state index contributed by atoms with van der Waals surface area (Å²) >= 11 is 0. The van der Waals surface area contributed by atoms with Crippen molar-refractivity contribution in [2.75, 3.05) is 19.0 Å². The van der Waals surface area contributed by atoms with Gasteiger partial charge in [-0.15, -0.1) is 0 Å². The Balaban J connectivity index is 1.93. The van der Waals surface area contributed by atoms with E-state index in [-0.39, 0.29) is 23.7 Å². The van der Waals surface area contributed by atoms with Gasteiger partial charge in [-0.2, -0.15) is 8.78 Å². The van der Waals surface area contributed by atoms with Crippen LogP contribution in [0, 0.1) is 0 Å². The number of furan rings is 1. The van der Waals surface area contributed by atoms with Crippen molar-refractivity contribution >= 4 is 11.7 Å². The first-order valence-corrected chi connectivity index (χ1v) is 6.88. The molecule has 0 fully saturated rings. The quantitative estimate of drug-likeness (QED) is 0.719. The first-order valence-electron chi connectivity index (χ1n) is 6.88. The molecule has 1 atom stereocenters. The van der Waals surface area contributed by atoms with E-state index in [0.29, 0.717) is 5.76 Å². The van der Waals surface area contributed by atoms with Crippen molar-refractivity contribution in [3.63, 3.8) is 0 Å². The lowest BCUT2D eigenvalue weighted by atomic mass is 10.2. The number of methoxy groups -OCH3 is 1. The molecule has 0 aliphatic heterocycles. The van der Waals surface area contributed by atoms with Crippen molar-refractivity contribution in [3.8, 4) is 11.5 Å². The summed E-state index contributed by atoms with van der Waals surface area (Å²) in [5.41, 5.74) is 0.219. The minimum absolute atomic E-state index is 0.0874. The number of rotatable bonds is 7. The van der Waals surface area contributed by atoms with Crippen LogP contribution in [0.15, 0.2) is 41.0 Å². The van der Waals surface area contributed by atoms with Crippen LogP contribution in [0.5, 0.6) is 11.5 Å². The van der Waals surface area contributed by atoms with E-state index in [0.717, 1.165) is 0 Å². The number of hydrogen-bond acceptors (Lipinski definition) is 5. The van der Waals surface area contributed by atoms with Gasteiger partial charge < -0.3 is 29.6 Å². The van der Waals surface area contributed by atoms with Crippen LogP contribution in [0.1, 0.15) is 11.9 Å². The number of ether oxygens (including phenoxy) is 2. The summed E-state index contributed by atoms with van der Waals surface area (Å²) in [7, 11) is 1.31. The molecular weight excluding hydrogens is 326 g/mol. The van der Waals surface area contributed by atoms with Gasteiger partial charge in [0.25, 0.3) is 0 Å². The molecule has 1 aromatic carbocycles. The molecule has 0 radical (unpaired) electrons. The van der Waals surface area contributed by atoms with Crippen molar-refractivity contribution in [2.24, 2.45) is 0 Å². The molecule has 1 unspecified atom stereocenters. The molecule has 3 N–H and O–H groups in total. The van der Waals surface area contributed by atoms with Crippen LogP contribution in [-0.2, 0) is 0 Å². The van der Waals surface area contributed by atoms with Crippen molar-refractivity contribution in [1.29, 1.82) is 0 Å². The Morgan fingerprint density at radius 3 is 2.75 bits per heavy atom. The normalized spacial score (nSPS) is 11.9. The molecule has 9 heteroatoms. The minimum atomic E-state index is -3.02. The topological polar surface area (TPSA) is 93.0 Å². The smallest absolute Gasteiger partial charge is 0.387 e. The molecule has 2 aromatic rings. The molecule has 0 aliphatic rings. The molecule has 0 spiro atoms. The van der Waals surface area contributed by atoms with E-state index in [4.69, 9.17) is 9.15 Å². The Bertz CT molecular complexity index is 664. The van der Waals surface area contributed by atoms with Gasteiger partial charge in [0.15, 0.2) is 11.5 Å². The zero-order chi connectivity index (χ0) is 17.5. The Morgan fingerprint density at radius 2 is 2.12 bits per heavy atom. The van der Waals surface area contributed by atoms with Gasteiger partial charge in [-0.3, -0.25) is 0 Å². The van der Waals surface area contributed by atoms with E-state index in [1.54, 1.807) is 12.1 Å². The highest BCUT2D eigenvalue weighted by Gasteiger charge is 2.14. The van der Waals surface area contributed by atoms with Crippen LogP contribution in [0.25, 0.3) is 0 Å². The van der Waals surface area contributed by atoms with Crippen LogP contribution in [0.3, 0.4) is 0 Å². The second-order valence-corrected chi connectivity index (χ2v) is 4.61. The summed E-state index contributed by atoms with van der Waals surface area (Å²) in [6, 6.07) is 6.59. The summed E-state index contributed by atoms with van der Waals surface area (Å²) < 4.78 is 38.9. The summed E-state index contributed by atoms with van der Waals surface area (Å²) in [6.07, 6.45) is 0.403. The van der Waals surface area contributed by atoms with Crippen LogP contribution in [-0.4, -0.2) is 31.4 Å². The summed E-state index contributed by atoms with van der Waals surface area (Å²) in [4.78, 5) is 11.8. The lowest BCUT2D eigenvalue weighted by Crippen LogP contribution is -2.32. The Hall–Kier alpha value is -2.81. The van der Waals surface area contributed by atoms with E-state index in [9.17, 15) is 18.7 Å².